The van der Waals surface area contributed by atoms with Crippen LogP contribution in [0.25, 0.3) is 0 Å². The molecule has 1 aliphatic heterocycles. The highest BCUT2D eigenvalue weighted by Gasteiger charge is 2.29. The van der Waals surface area contributed by atoms with E-state index in [1.165, 1.54) is 42.5 Å². The van der Waals surface area contributed by atoms with Crippen molar-refractivity contribution in [3.8, 4) is 0 Å². The molecule has 5 nitrogen and oxygen atoms in total. The molecule has 2 aliphatic rings. The highest BCUT2D eigenvalue weighted by molar-refractivity contribution is 5.25. The zero-order chi connectivity index (χ0) is 17.1. The van der Waals surface area contributed by atoms with E-state index in [0.29, 0.717) is 5.92 Å². The van der Waals surface area contributed by atoms with Crippen molar-refractivity contribution in [1.82, 2.24) is 19.7 Å². The van der Waals surface area contributed by atoms with Crippen LogP contribution in [-0.4, -0.2) is 39.9 Å². The maximum absolute atomic E-state index is 5.49. The van der Waals surface area contributed by atoms with Gasteiger partial charge in [0.1, 0.15) is 0 Å². The molecular formula is C20H28N4O. The van der Waals surface area contributed by atoms with Gasteiger partial charge in [-0.3, -0.25) is 14.6 Å². The van der Waals surface area contributed by atoms with E-state index in [4.69, 9.17) is 9.84 Å². The first-order valence-electron chi connectivity index (χ1n) is 9.48. The van der Waals surface area contributed by atoms with Gasteiger partial charge >= 0.3 is 0 Å². The Morgan fingerprint density at radius 2 is 2.00 bits per heavy atom. The summed E-state index contributed by atoms with van der Waals surface area (Å²) in [7, 11) is 1.79. The minimum atomic E-state index is 0.361. The Bertz CT molecular complexity index is 678. The van der Waals surface area contributed by atoms with Crippen LogP contribution in [-0.2, 0) is 24.4 Å². The summed E-state index contributed by atoms with van der Waals surface area (Å²) in [5, 5.41) is 4.96. The van der Waals surface area contributed by atoms with Crippen LogP contribution in [0.15, 0.2) is 30.7 Å². The number of hydrogen-bond acceptors (Lipinski definition) is 4. The standard InChI is InChI=1S/C20H28N4O/c1-25-15-19-13-23(10-17-6-8-21-9-7-17)12-18-14-24(22-20(18)19)11-16-4-2-3-5-16/h6-9,14,16,19H,2-5,10-13,15H2,1H3. The van der Waals surface area contributed by atoms with E-state index in [0.717, 1.165) is 38.7 Å². The average molecular weight is 340 g/mol. The highest BCUT2D eigenvalue weighted by atomic mass is 16.5. The first-order chi connectivity index (χ1) is 12.3. The second-order valence-electron chi connectivity index (χ2n) is 7.59. The number of fused-ring (bicyclic) bond motifs is 1. The van der Waals surface area contributed by atoms with Gasteiger partial charge in [-0.05, 0) is 36.5 Å². The Hall–Kier alpha value is -1.72. The molecule has 0 radical (unpaired) electrons. The van der Waals surface area contributed by atoms with E-state index >= 15 is 0 Å². The zero-order valence-corrected chi connectivity index (χ0v) is 15.1. The summed E-state index contributed by atoms with van der Waals surface area (Å²) in [6.45, 7) is 4.75. The van der Waals surface area contributed by atoms with Gasteiger partial charge in [-0.1, -0.05) is 12.8 Å². The van der Waals surface area contributed by atoms with Crippen LogP contribution < -0.4 is 0 Å². The van der Waals surface area contributed by atoms with Crippen molar-refractivity contribution in [3.05, 3.63) is 47.5 Å². The molecule has 1 fully saturated rings. The van der Waals surface area contributed by atoms with Crippen LogP contribution in [0.2, 0.25) is 0 Å². The number of methoxy groups -OCH3 is 1. The van der Waals surface area contributed by atoms with Gasteiger partial charge in [-0.2, -0.15) is 5.10 Å². The Morgan fingerprint density at radius 1 is 1.20 bits per heavy atom. The molecule has 2 aromatic heterocycles. The van der Waals surface area contributed by atoms with E-state index in [2.05, 4.69) is 32.9 Å². The first-order valence-corrected chi connectivity index (χ1v) is 9.48. The van der Waals surface area contributed by atoms with Crippen molar-refractivity contribution >= 4 is 0 Å². The second-order valence-corrected chi connectivity index (χ2v) is 7.59. The molecular weight excluding hydrogens is 312 g/mol. The first kappa shape index (κ1) is 16.7. The summed E-state index contributed by atoms with van der Waals surface area (Å²) in [6.07, 6.45) is 11.5. The van der Waals surface area contributed by atoms with Crippen molar-refractivity contribution in [3.63, 3.8) is 0 Å². The summed E-state index contributed by atoms with van der Waals surface area (Å²) in [5.41, 5.74) is 3.94. The number of rotatable bonds is 6. The fraction of sp³-hybridized carbons (Fsp3) is 0.600. The van der Waals surface area contributed by atoms with E-state index in [1.54, 1.807) is 7.11 Å². The smallest absolute Gasteiger partial charge is 0.0736 e. The molecule has 1 aliphatic carbocycles. The van der Waals surface area contributed by atoms with E-state index in [1.807, 2.05) is 12.4 Å². The van der Waals surface area contributed by atoms with Crippen LogP contribution in [0.3, 0.4) is 0 Å². The van der Waals surface area contributed by atoms with Crippen molar-refractivity contribution in [2.24, 2.45) is 5.92 Å². The molecule has 25 heavy (non-hydrogen) atoms. The van der Waals surface area contributed by atoms with Crippen molar-refractivity contribution in [2.45, 2.75) is 51.2 Å². The van der Waals surface area contributed by atoms with Gasteiger partial charge in [0.15, 0.2) is 0 Å². The highest BCUT2D eigenvalue weighted by Crippen LogP contribution is 2.30. The molecule has 2 aromatic rings. The topological polar surface area (TPSA) is 43.2 Å². The van der Waals surface area contributed by atoms with Crippen LogP contribution in [0.1, 0.15) is 48.4 Å². The van der Waals surface area contributed by atoms with Gasteiger partial charge in [0.2, 0.25) is 0 Å². The molecule has 1 unspecified atom stereocenters. The van der Waals surface area contributed by atoms with Gasteiger partial charge in [0.25, 0.3) is 0 Å². The average Bonchev–Trinajstić information content (AvgIpc) is 3.26. The summed E-state index contributed by atoms with van der Waals surface area (Å²) >= 11 is 0. The van der Waals surface area contributed by atoms with Gasteiger partial charge in [-0.15, -0.1) is 0 Å². The Balaban J connectivity index is 1.50. The minimum Gasteiger partial charge on any atom is -0.384 e. The number of pyridine rings is 1. The molecule has 0 saturated heterocycles. The molecule has 5 heteroatoms. The molecule has 1 saturated carbocycles. The predicted molar refractivity (Wildman–Crippen MR) is 97.2 cm³/mol. The molecule has 134 valence electrons. The fourth-order valence-corrected chi connectivity index (χ4v) is 4.40. The van der Waals surface area contributed by atoms with Crippen LogP contribution in [0, 0.1) is 5.92 Å². The lowest BCUT2D eigenvalue weighted by molar-refractivity contribution is 0.134. The number of hydrogen-bond donors (Lipinski definition) is 0. The molecule has 0 N–H and O–H groups in total. The van der Waals surface area contributed by atoms with Gasteiger partial charge in [0, 0.05) is 63.4 Å². The molecule has 0 amide bonds. The normalized spacial score (nSPS) is 21.6. The Kier molecular flexibility index (Phi) is 5.13. The van der Waals surface area contributed by atoms with Crippen LogP contribution >= 0.6 is 0 Å². The molecule has 3 heterocycles. The molecule has 0 spiro atoms. The van der Waals surface area contributed by atoms with Gasteiger partial charge in [-0.25, -0.2) is 0 Å². The van der Waals surface area contributed by atoms with Crippen LogP contribution in [0.5, 0.6) is 0 Å². The predicted octanol–water partition coefficient (Wildman–Crippen LogP) is 3.21. The lowest BCUT2D eigenvalue weighted by atomic mass is 9.97. The summed E-state index contributed by atoms with van der Waals surface area (Å²) in [6, 6.07) is 4.20. The number of ether oxygens (including phenoxy) is 1. The van der Waals surface area contributed by atoms with E-state index in [-0.39, 0.29) is 0 Å². The summed E-state index contributed by atoms with van der Waals surface area (Å²) < 4.78 is 7.70. The van der Waals surface area contributed by atoms with Crippen molar-refractivity contribution in [2.75, 3.05) is 20.3 Å². The summed E-state index contributed by atoms with van der Waals surface area (Å²) in [4.78, 5) is 6.62. The molecule has 0 aromatic carbocycles. The van der Waals surface area contributed by atoms with Gasteiger partial charge < -0.3 is 4.74 Å². The van der Waals surface area contributed by atoms with Crippen LogP contribution in [0.4, 0.5) is 0 Å². The lowest BCUT2D eigenvalue weighted by Gasteiger charge is -2.31. The van der Waals surface area contributed by atoms with E-state index < -0.39 is 0 Å². The third kappa shape index (κ3) is 3.93. The second kappa shape index (κ2) is 7.67. The third-order valence-corrected chi connectivity index (χ3v) is 5.57. The number of aromatic nitrogens is 3. The Morgan fingerprint density at radius 3 is 2.76 bits per heavy atom. The Labute approximate surface area is 150 Å². The molecule has 1 atom stereocenters. The fourth-order valence-electron chi connectivity index (χ4n) is 4.40. The maximum Gasteiger partial charge on any atom is 0.0736 e. The van der Waals surface area contributed by atoms with E-state index in [9.17, 15) is 0 Å². The van der Waals surface area contributed by atoms with Crippen molar-refractivity contribution < 1.29 is 4.74 Å². The third-order valence-electron chi connectivity index (χ3n) is 5.57. The molecule has 0 bridgehead atoms. The quantitative estimate of drug-likeness (QED) is 0.810. The molecule has 4 rings (SSSR count). The van der Waals surface area contributed by atoms with Crippen molar-refractivity contribution in [1.29, 1.82) is 0 Å². The minimum absolute atomic E-state index is 0.361. The lowest BCUT2D eigenvalue weighted by Crippen LogP contribution is -2.34. The van der Waals surface area contributed by atoms with Gasteiger partial charge in [0.05, 0.1) is 12.3 Å². The zero-order valence-electron chi connectivity index (χ0n) is 15.1. The largest absolute Gasteiger partial charge is 0.384 e. The monoisotopic (exact) mass is 340 g/mol. The maximum atomic E-state index is 5.49. The SMILES string of the molecule is COCC1CN(Cc2ccncc2)Cc2cn(CC3CCCC3)nc21. The summed E-state index contributed by atoms with van der Waals surface area (Å²) in [5.74, 6) is 1.18. The number of nitrogens with zero attached hydrogens (tertiary/aromatic N) is 4.